The molecular weight excluding hydrogens is 450 g/mol. The molecule has 1 unspecified atom stereocenters. The van der Waals surface area contributed by atoms with Gasteiger partial charge in [-0.1, -0.05) is 35.0 Å². The van der Waals surface area contributed by atoms with Gasteiger partial charge >= 0.3 is 0 Å². The van der Waals surface area contributed by atoms with Crippen LogP contribution >= 0.6 is 18.7 Å². The summed E-state index contributed by atoms with van der Waals surface area (Å²) < 4.78 is 28.5. The maximum Gasteiger partial charge on any atom is 0.221 e. The van der Waals surface area contributed by atoms with E-state index in [4.69, 9.17) is 11.6 Å². The van der Waals surface area contributed by atoms with Crippen molar-refractivity contribution in [3.05, 3.63) is 72.3 Å². The van der Waals surface area contributed by atoms with Crippen molar-refractivity contribution in [2.75, 3.05) is 13.3 Å². The van der Waals surface area contributed by atoms with Crippen LogP contribution in [0.3, 0.4) is 0 Å². The van der Waals surface area contributed by atoms with Crippen LogP contribution in [0.25, 0.3) is 33.5 Å². The van der Waals surface area contributed by atoms with Gasteiger partial charge in [-0.3, -0.25) is 4.98 Å². The van der Waals surface area contributed by atoms with Crippen molar-refractivity contribution in [1.29, 1.82) is 0 Å². The molecule has 3 aromatic heterocycles. The highest BCUT2D eigenvalue weighted by molar-refractivity contribution is 7.70. The number of rotatable bonds is 4. The van der Waals surface area contributed by atoms with E-state index in [1.165, 1.54) is 16.9 Å². The van der Waals surface area contributed by atoms with Gasteiger partial charge < -0.3 is 4.57 Å². The zero-order valence-corrected chi connectivity index (χ0v) is 18.8. The SMILES string of the molecule is CP(C)(=O)c1ccc(-c2cnc3nnn(C(Cl)c4ccc5ncccc5c4)c3n2)c(F)c1. The Hall–Kier alpha value is -3.22. The monoisotopic (exact) mass is 466 g/mol. The van der Waals surface area contributed by atoms with Crippen molar-refractivity contribution in [1.82, 2.24) is 29.9 Å². The van der Waals surface area contributed by atoms with Gasteiger partial charge in [0, 0.05) is 22.5 Å². The fourth-order valence-corrected chi connectivity index (χ4v) is 4.57. The van der Waals surface area contributed by atoms with Crippen molar-refractivity contribution in [2.45, 2.75) is 5.50 Å². The molecule has 2 aromatic carbocycles. The maximum atomic E-state index is 14.8. The average molecular weight is 467 g/mol. The number of pyridine rings is 1. The van der Waals surface area contributed by atoms with Gasteiger partial charge in [-0.25, -0.2) is 19.0 Å². The lowest BCUT2D eigenvalue weighted by Crippen LogP contribution is -2.08. The standard InChI is InChI=1S/C22H17ClFN6OP/c1-32(2,31)15-6-7-16(17(24)11-15)19-12-26-21-22(27-19)30(29-28-21)20(23)14-5-8-18-13(10-14)4-3-9-25-18/h3-12,20H,1-2H3. The molecule has 3 heterocycles. The lowest BCUT2D eigenvalue weighted by Gasteiger charge is -2.12. The lowest BCUT2D eigenvalue weighted by molar-refractivity contribution is 0.587. The first kappa shape index (κ1) is 20.7. The molecule has 32 heavy (non-hydrogen) atoms. The quantitative estimate of drug-likeness (QED) is 0.284. The van der Waals surface area contributed by atoms with Crippen molar-refractivity contribution in [2.24, 2.45) is 0 Å². The Balaban J connectivity index is 1.57. The van der Waals surface area contributed by atoms with Crippen LogP contribution in [0.4, 0.5) is 4.39 Å². The van der Waals surface area contributed by atoms with Crippen LogP contribution in [-0.4, -0.2) is 43.3 Å². The Morgan fingerprint density at radius 3 is 2.72 bits per heavy atom. The molecular formula is C22H17ClFN6OP. The average Bonchev–Trinajstić information content (AvgIpc) is 3.21. The molecule has 0 N–H and O–H groups in total. The largest absolute Gasteiger partial charge is 0.319 e. The first-order valence-corrected chi connectivity index (χ1v) is 12.8. The summed E-state index contributed by atoms with van der Waals surface area (Å²) in [5, 5.41) is 9.57. The predicted molar refractivity (Wildman–Crippen MR) is 123 cm³/mol. The second-order valence-corrected chi connectivity index (χ2v) is 11.4. The van der Waals surface area contributed by atoms with Gasteiger partial charge in [0.15, 0.2) is 11.1 Å². The molecule has 0 bridgehead atoms. The van der Waals surface area contributed by atoms with E-state index in [0.29, 0.717) is 22.3 Å². The molecule has 0 radical (unpaired) electrons. The third-order valence-electron chi connectivity index (χ3n) is 5.16. The summed E-state index contributed by atoms with van der Waals surface area (Å²) in [6.07, 6.45) is 3.16. The number of alkyl halides is 1. The van der Waals surface area contributed by atoms with Crippen LogP contribution in [0.1, 0.15) is 11.1 Å². The summed E-state index contributed by atoms with van der Waals surface area (Å²) in [5.74, 6) is -0.524. The topological polar surface area (TPSA) is 86.5 Å². The molecule has 10 heteroatoms. The number of benzene rings is 2. The smallest absolute Gasteiger partial charge is 0.221 e. The van der Waals surface area contributed by atoms with Crippen LogP contribution in [-0.2, 0) is 4.57 Å². The summed E-state index contributed by atoms with van der Waals surface area (Å²) >= 11 is 6.72. The summed E-state index contributed by atoms with van der Waals surface area (Å²) in [6, 6.07) is 14.0. The van der Waals surface area contributed by atoms with Gasteiger partial charge in [0.1, 0.15) is 13.0 Å². The Morgan fingerprint density at radius 2 is 1.94 bits per heavy atom. The highest BCUT2D eigenvalue weighted by atomic mass is 35.5. The molecule has 0 amide bonds. The zero-order valence-electron chi connectivity index (χ0n) is 17.1. The van der Waals surface area contributed by atoms with Crippen LogP contribution < -0.4 is 5.30 Å². The minimum absolute atomic E-state index is 0.243. The van der Waals surface area contributed by atoms with Crippen molar-refractivity contribution < 1.29 is 8.96 Å². The molecule has 7 nitrogen and oxygen atoms in total. The van der Waals surface area contributed by atoms with Crippen LogP contribution in [0, 0.1) is 5.82 Å². The molecule has 0 saturated heterocycles. The summed E-state index contributed by atoms with van der Waals surface area (Å²) in [5.41, 5.74) is 2.11. The fraction of sp³-hybridized carbons (Fsp3) is 0.136. The van der Waals surface area contributed by atoms with Crippen LogP contribution in [0.15, 0.2) is 60.9 Å². The van der Waals surface area contributed by atoms with Crippen LogP contribution in [0.5, 0.6) is 0 Å². The normalized spacial score (nSPS) is 13.0. The van der Waals surface area contributed by atoms with Gasteiger partial charge in [0.05, 0.1) is 17.4 Å². The molecule has 0 spiro atoms. The third kappa shape index (κ3) is 3.66. The molecule has 0 aliphatic carbocycles. The van der Waals surface area contributed by atoms with Crippen LogP contribution in [0.2, 0.25) is 0 Å². The van der Waals surface area contributed by atoms with Crippen molar-refractivity contribution in [3.63, 3.8) is 0 Å². The second kappa shape index (κ2) is 7.73. The molecule has 5 rings (SSSR count). The highest BCUT2D eigenvalue weighted by Gasteiger charge is 2.20. The maximum absolute atomic E-state index is 14.8. The van der Waals surface area contributed by atoms with E-state index in [1.54, 1.807) is 31.7 Å². The van der Waals surface area contributed by atoms with Gasteiger partial charge in [0.25, 0.3) is 0 Å². The Labute approximate surface area is 187 Å². The molecule has 160 valence electrons. The van der Waals surface area contributed by atoms with E-state index in [9.17, 15) is 8.96 Å². The first-order chi connectivity index (χ1) is 15.3. The van der Waals surface area contributed by atoms with E-state index in [-0.39, 0.29) is 5.56 Å². The summed E-state index contributed by atoms with van der Waals surface area (Å²) in [7, 11) is -2.58. The predicted octanol–water partition coefficient (Wildman–Crippen LogP) is 4.61. The molecule has 0 fully saturated rings. The van der Waals surface area contributed by atoms with E-state index in [2.05, 4.69) is 25.3 Å². The minimum Gasteiger partial charge on any atom is -0.319 e. The van der Waals surface area contributed by atoms with Gasteiger partial charge in [-0.05, 0) is 49.2 Å². The summed E-state index contributed by atoms with van der Waals surface area (Å²) in [6.45, 7) is 3.20. The Kier molecular flexibility index (Phi) is 4.99. The molecule has 5 aromatic rings. The number of nitrogens with zero attached hydrogens (tertiary/aromatic N) is 6. The number of aromatic nitrogens is 6. The molecule has 0 saturated carbocycles. The third-order valence-corrected chi connectivity index (χ3v) is 7.11. The minimum atomic E-state index is -2.58. The van der Waals surface area contributed by atoms with E-state index < -0.39 is 18.5 Å². The first-order valence-electron chi connectivity index (χ1n) is 9.73. The molecule has 1 atom stereocenters. The Morgan fingerprint density at radius 1 is 1.09 bits per heavy atom. The van der Waals surface area contributed by atoms with E-state index >= 15 is 0 Å². The van der Waals surface area contributed by atoms with Crippen molar-refractivity contribution in [3.8, 4) is 11.3 Å². The number of hydrogen-bond acceptors (Lipinski definition) is 6. The number of halogens is 2. The van der Waals surface area contributed by atoms with Crippen molar-refractivity contribution >= 4 is 46.2 Å². The zero-order chi connectivity index (χ0) is 22.5. The van der Waals surface area contributed by atoms with Gasteiger partial charge in [-0.15, -0.1) is 5.10 Å². The highest BCUT2D eigenvalue weighted by Crippen LogP contribution is 2.36. The molecule has 0 aliphatic rings. The second-order valence-electron chi connectivity index (χ2n) is 7.74. The van der Waals surface area contributed by atoms with Gasteiger partial charge in [-0.2, -0.15) is 0 Å². The van der Waals surface area contributed by atoms with Gasteiger partial charge in [0.2, 0.25) is 5.65 Å². The lowest BCUT2D eigenvalue weighted by atomic mass is 10.1. The molecule has 0 aliphatic heterocycles. The summed E-state index contributed by atoms with van der Waals surface area (Å²) in [4.78, 5) is 13.1. The van der Waals surface area contributed by atoms with E-state index in [0.717, 1.165) is 16.5 Å². The fourth-order valence-electron chi connectivity index (χ4n) is 3.44. The Bertz CT molecular complexity index is 1530. The number of fused-ring (bicyclic) bond motifs is 2. The van der Waals surface area contributed by atoms with E-state index in [1.807, 2.05) is 30.3 Å². The number of hydrogen-bond donors (Lipinski definition) is 0.